The maximum atomic E-state index is 5.84. The fourth-order valence-electron chi connectivity index (χ4n) is 5.50. The second-order valence-corrected chi connectivity index (χ2v) is 12.1. The Balaban J connectivity index is 1.49. The summed E-state index contributed by atoms with van der Waals surface area (Å²) in [6.45, 7) is 8.49. The molecule has 5 rings (SSSR count). The topological polar surface area (TPSA) is 30.3 Å². The quantitative estimate of drug-likeness (QED) is 0.134. The van der Waals surface area contributed by atoms with Crippen molar-refractivity contribution >= 4 is 47.1 Å². The van der Waals surface area contributed by atoms with E-state index in [1.54, 1.807) is 8.93 Å². The molecule has 0 N–H and O–H groups in total. The predicted octanol–water partition coefficient (Wildman–Crippen LogP) is 7.12. The van der Waals surface area contributed by atoms with E-state index in [9.17, 15) is 0 Å². The van der Waals surface area contributed by atoms with Crippen LogP contribution in [0.4, 0.5) is 0 Å². The highest BCUT2D eigenvalue weighted by Gasteiger charge is 2.41. The van der Waals surface area contributed by atoms with Crippen LogP contribution in [0.15, 0.2) is 85.6 Å². The minimum Gasteiger partial charge on any atom is -0.358 e. The maximum Gasteiger partial charge on any atom is 0.140 e. The van der Waals surface area contributed by atoms with Crippen LogP contribution in [0, 0.1) is 0 Å². The van der Waals surface area contributed by atoms with Crippen molar-refractivity contribution in [2.45, 2.75) is 31.5 Å². The molecule has 0 spiro atoms. The maximum absolute atomic E-state index is 5.84. The van der Waals surface area contributed by atoms with Gasteiger partial charge in [-0.2, -0.15) is 5.10 Å². The van der Waals surface area contributed by atoms with E-state index in [1.165, 1.54) is 22.3 Å². The van der Waals surface area contributed by atoms with E-state index in [0.717, 1.165) is 55.7 Å². The molecule has 1 unspecified atom stereocenters. The molecule has 1 aliphatic heterocycles. The third-order valence-electron chi connectivity index (χ3n) is 7.19. The van der Waals surface area contributed by atoms with Crippen molar-refractivity contribution in [3.63, 3.8) is 0 Å². The van der Waals surface area contributed by atoms with E-state index in [4.69, 9.17) is 4.74 Å². The molecule has 36 heavy (non-hydrogen) atoms. The number of hydrogen-bond acceptors (Lipinski definition) is 4. The predicted molar refractivity (Wildman–Crippen MR) is 160 cm³/mol. The van der Waals surface area contributed by atoms with Crippen molar-refractivity contribution in [1.29, 1.82) is 0 Å². The number of halogens is 1. The van der Waals surface area contributed by atoms with E-state index in [-0.39, 0.29) is 5.41 Å². The first-order valence-electron chi connectivity index (χ1n) is 12.4. The van der Waals surface area contributed by atoms with Gasteiger partial charge in [-0.05, 0) is 75.0 Å². The second-order valence-electron chi connectivity index (χ2n) is 9.59. The van der Waals surface area contributed by atoms with Gasteiger partial charge in [0.05, 0.1) is 18.3 Å². The minimum atomic E-state index is 0.0178. The zero-order valence-electron chi connectivity index (χ0n) is 20.5. The molecule has 3 aromatic carbocycles. The molecular formula is C30H32IN3OS. The van der Waals surface area contributed by atoms with Gasteiger partial charge in [0, 0.05) is 29.6 Å². The summed E-state index contributed by atoms with van der Waals surface area (Å²) in [7, 11) is 1.76. The highest BCUT2D eigenvalue weighted by atomic mass is 127. The Kier molecular flexibility index (Phi) is 8.47. The lowest BCUT2D eigenvalue weighted by molar-refractivity contribution is 0.0844. The lowest BCUT2D eigenvalue weighted by Crippen LogP contribution is -2.34. The van der Waals surface area contributed by atoms with Crippen LogP contribution < -0.4 is 0 Å². The first kappa shape index (κ1) is 25.5. The summed E-state index contributed by atoms with van der Waals surface area (Å²) in [4.78, 5) is 2.61. The molecule has 1 saturated heterocycles. The van der Waals surface area contributed by atoms with Gasteiger partial charge < -0.3 is 4.74 Å². The molecule has 1 aliphatic rings. The molecular weight excluding hydrogens is 577 g/mol. The van der Waals surface area contributed by atoms with Gasteiger partial charge in [-0.1, -0.05) is 82.3 Å². The molecule has 186 valence electrons. The first-order valence-corrected chi connectivity index (χ1v) is 16.0. The molecule has 0 aliphatic carbocycles. The van der Waals surface area contributed by atoms with Gasteiger partial charge in [0.2, 0.25) is 0 Å². The molecule has 6 heteroatoms. The monoisotopic (exact) mass is 609 g/mol. The Bertz CT molecular complexity index is 1290. The number of fused-ring (bicyclic) bond motifs is 1. The Morgan fingerprint density at radius 1 is 1.06 bits per heavy atom. The molecule has 4 nitrogen and oxygen atoms in total. The summed E-state index contributed by atoms with van der Waals surface area (Å²) in [6.07, 6.45) is 6.13. The highest BCUT2D eigenvalue weighted by molar-refractivity contribution is 14.2. The van der Waals surface area contributed by atoms with E-state index in [0.29, 0.717) is 6.73 Å². The number of hydrogen-bond donors (Lipinski definition) is 0. The zero-order valence-corrected chi connectivity index (χ0v) is 23.5. The van der Waals surface area contributed by atoms with Crippen molar-refractivity contribution in [3.8, 4) is 0 Å². The highest BCUT2D eigenvalue weighted by Crippen LogP contribution is 2.42. The van der Waals surface area contributed by atoms with Crippen LogP contribution in [0.3, 0.4) is 0 Å². The third kappa shape index (κ3) is 5.72. The SMILES string of the molecule is C=Cc1cc2c(cnn2COCCSI)cc1C1(Cc2ccccc2)CCN(Cc2ccccc2)C1. The molecule has 0 bridgehead atoms. The van der Waals surface area contributed by atoms with Crippen molar-refractivity contribution < 1.29 is 4.74 Å². The van der Waals surface area contributed by atoms with Crippen LogP contribution in [-0.4, -0.2) is 40.1 Å². The lowest BCUT2D eigenvalue weighted by Gasteiger charge is -2.32. The molecule has 4 aromatic rings. The number of aromatic nitrogens is 2. The van der Waals surface area contributed by atoms with Gasteiger partial charge in [-0.15, -0.1) is 0 Å². The van der Waals surface area contributed by atoms with Crippen LogP contribution in [0.5, 0.6) is 0 Å². The van der Waals surface area contributed by atoms with Crippen LogP contribution in [0.25, 0.3) is 17.0 Å². The number of nitrogens with zero attached hydrogens (tertiary/aromatic N) is 3. The van der Waals surface area contributed by atoms with Crippen molar-refractivity contribution in [3.05, 3.63) is 108 Å². The van der Waals surface area contributed by atoms with Gasteiger partial charge >= 0.3 is 0 Å². The van der Waals surface area contributed by atoms with Gasteiger partial charge in [0.25, 0.3) is 0 Å². The molecule has 1 aromatic heterocycles. The van der Waals surface area contributed by atoms with Crippen LogP contribution in [0.2, 0.25) is 0 Å². The van der Waals surface area contributed by atoms with Crippen LogP contribution in [0.1, 0.15) is 28.7 Å². The average molecular weight is 610 g/mol. The summed E-state index contributed by atoms with van der Waals surface area (Å²) in [5, 5.41) is 5.82. The van der Waals surface area contributed by atoms with Crippen molar-refractivity contribution in [1.82, 2.24) is 14.7 Å². The minimum absolute atomic E-state index is 0.0178. The second kappa shape index (κ2) is 11.9. The normalized spacial score (nSPS) is 18.1. The standard InChI is InChI=1S/C30H32IN3OS/c1-2-26-18-29-27(20-32-34(29)23-35-15-16-36-31)17-28(26)30(19-24-9-5-3-6-10-24)13-14-33(22-30)21-25-11-7-4-8-12-25/h2-12,17-18,20H,1,13-16,19,21-23H2. The largest absolute Gasteiger partial charge is 0.358 e. The lowest BCUT2D eigenvalue weighted by atomic mass is 9.72. The number of likely N-dealkylation sites (tertiary alicyclic amines) is 1. The number of benzene rings is 3. The summed E-state index contributed by atoms with van der Waals surface area (Å²) in [5.41, 5.74) is 6.45. The Hall–Kier alpha value is -2.13. The summed E-state index contributed by atoms with van der Waals surface area (Å²) >= 11 is 2.30. The van der Waals surface area contributed by atoms with Crippen molar-refractivity contribution in [2.75, 3.05) is 25.4 Å². The van der Waals surface area contributed by atoms with Crippen LogP contribution in [-0.2, 0) is 29.8 Å². The molecule has 2 heterocycles. The zero-order chi connectivity index (χ0) is 24.8. The average Bonchev–Trinajstić information content (AvgIpc) is 3.51. The smallest absolute Gasteiger partial charge is 0.140 e. The summed E-state index contributed by atoms with van der Waals surface area (Å²) in [6, 6.07) is 26.4. The molecule has 0 amide bonds. The Morgan fingerprint density at radius 2 is 1.81 bits per heavy atom. The van der Waals surface area contributed by atoms with Gasteiger partial charge in [0.1, 0.15) is 6.73 Å². The fourth-order valence-corrected chi connectivity index (χ4v) is 6.22. The van der Waals surface area contributed by atoms with Crippen LogP contribution >= 0.6 is 30.1 Å². The molecule has 0 saturated carbocycles. The molecule has 1 fully saturated rings. The summed E-state index contributed by atoms with van der Waals surface area (Å²) in [5.74, 6) is 0.976. The Morgan fingerprint density at radius 3 is 2.53 bits per heavy atom. The fraction of sp³-hybridized carbons (Fsp3) is 0.300. The Labute approximate surface area is 230 Å². The molecule has 0 radical (unpaired) electrons. The van der Waals surface area contributed by atoms with Gasteiger partial charge in [-0.3, -0.25) is 4.90 Å². The molecule has 1 atom stereocenters. The first-order chi connectivity index (χ1) is 17.7. The summed E-state index contributed by atoms with van der Waals surface area (Å²) < 4.78 is 7.80. The van der Waals surface area contributed by atoms with E-state index in [2.05, 4.69) is 111 Å². The van der Waals surface area contributed by atoms with Gasteiger partial charge in [0.15, 0.2) is 0 Å². The number of rotatable bonds is 11. The van der Waals surface area contributed by atoms with Gasteiger partial charge in [-0.25, -0.2) is 4.68 Å². The van der Waals surface area contributed by atoms with E-state index < -0.39 is 0 Å². The number of ether oxygens (including phenoxy) is 1. The van der Waals surface area contributed by atoms with E-state index >= 15 is 0 Å². The van der Waals surface area contributed by atoms with Crippen molar-refractivity contribution in [2.24, 2.45) is 0 Å². The van der Waals surface area contributed by atoms with E-state index in [1.807, 2.05) is 17.0 Å². The third-order valence-corrected chi connectivity index (χ3v) is 8.83.